The molecule has 0 aliphatic heterocycles. The zero-order chi connectivity index (χ0) is 14.8. The molecular formula is C14H20ClN3OS. The summed E-state index contributed by atoms with van der Waals surface area (Å²) in [7, 11) is 0. The number of aliphatic hydroxyl groups is 1. The van der Waals surface area contributed by atoms with E-state index in [1.165, 1.54) is 4.88 Å². The highest BCUT2D eigenvalue weighted by molar-refractivity contribution is 7.18. The molecule has 2 aromatic rings. The summed E-state index contributed by atoms with van der Waals surface area (Å²) in [6.07, 6.45) is 2.53. The summed E-state index contributed by atoms with van der Waals surface area (Å²) in [6, 6.07) is 2.12. The molecule has 0 saturated carbocycles. The van der Waals surface area contributed by atoms with Gasteiger partial charge in [-0.2, -0.15) is 0 Å². The summed E-state index contributed by atoms with van der Waals surface area (Å²) >= 11 is 7.67. The summed E-state index contributed by atoms with van der Waals surface area (Å²) in [5, 5.41) is 13.9. The van der Waals surface area contributed by atoms with E-state index in [0.29, 0.717) is 6.42 Å². The van der Waals surface area contributed by atoms with Crippen molar-refractivity contribution in [1.82, 2.24) is 9.97 Å². The highest BCUT2D eigenvalue weighted by atomic mass is 35.5. The number of nitrogens with one attached hydrogen (secondary N) is 1. The Kier molecular flexibility index (Phi) is 4.83. The van der Waals surface area contributed by atoms with Crippen molar-refractivity contribution < 1.29 is 5.11 Å². The first kappa shape index (κ1) is 15.5. The number of hydrogen-bond acceptors (Lipinski definition) is 5. The van der Waals surface area contributed by atoms with Crippen molar-refractivity contribution in [3.05, 3.63) is 16.2 Å². The van der Waals surface area contributed by atoms with Crippen LogP contribution in [0.15, 0.2) is 6.07 Å². The Morgan fingerprint density at radius 1 is 1.40 bits per heavy atom. The second kappa shape index (κ2) is 6.24. The van der Waals surface area contributed by atoms with Crippen LogP contribution < -0.4 is 5.32 Å². The topological polar surface area (TPSA) is 58.0 Å². The number of hydrogen-bond donors (Lipinski definition) is 2. The molecule has 110 valence electrons. The Hall–Kier alpha value is -0.910. The lowest BCUT2D eigenvalue weighted by Gasteiger charge is -2.29. The van der Waals surface area contributed by atoms with Gasteiger partial charge >= 0.3 is 0 Å². The van der Waals surface area contributed by atoms with Crippen molar-refractivity contribution >= 4 is 39.0 Å². The smallest absolute Gasteiger partial charge is 0.225 e. The van der Waals surface area contributed by atoms with E-state index in [2.05, 4.69) is 42.1 Å². The Balaban J connectivity index is 2.44. The van der Waals surface area contributed by atoms with E-state index in [0.717, 1.165) is 28.9 Å². The first-order chi connectivity index (χ1) is 9.51. The summed E-state index contributed by atoms with van der Waals surface area (Å²) in [5.41, 5.74) is -0.201. The van der Waals surface area contributed by atoms with Crippen molar-refractivity contribution in [2.45, 2.75) is 45.6 Å². The number of thiophene rings is 1. The van der Waals surface area contributed by atoms with Gasteiger partial charge in [-0.15, -0.1) is 11.3 Å². The largest absolute Gasteiger partial charge is 0.396 e. The van der Waals surface area contributed by atoms with Gasteiger partial charge in [-0.3, -0.25) is 0 Å². The average molecular weight is 314 g/mol. The second-order valence-electron chi connectivity index (χ2n) is 5.14. The highest BCUT2D eigenvalue weighted by Crippen LogP contribution is 2.32. The number of aliphatic hydroxyl groups excluding tert-OH is 1. The van der Waals surface area contributed by atoms with Crippen molar-refractivity contribution in [2.24, 2.45) is 0 Å². The molecule has 2 heterocycles. The molecule has 1 atom stereocenters. The summed E-state index contributed by atoms with van der Waals surface area (Å²) in [6.45, 7) is 6.43. The van der Waals surface area contributed by atoms with Crippen LogP contribution >= 0.6 is 22.9 Å². The van der Waals surface area contributed by atoms with Crippen LogP contribution in [0.3, 0.4) is 0 Å². The molecule has 1 unspecified atom stereocenters. The lowest BCUT2D eigenvalue weighted by atomic mass is 9.95. The Morgan fingerprint density at radius 3 is 2.75 bits per heavy atom. The SMILES string of the molecule is CCc1cc2c(NC(C)(CC)CCO)nc(Cl)nc2s1. The molecule has 2 N–H and O–H groups in total. The van der Waals surface area contributed by atoms with E-state index in [-0.39, 0.29) is 17.4 Å². The van der Waals surface area contributed by atoms with Gasteiger partial charge in [0.1, 0.15) is 10.6 Å². The molecule has 2 aromatic heterocycles. The maximum absolute atomic E-state index is 9.22. The fraction of sp³-hybridized carbons (Fsp3) is 0.571. The number of rotatable bonds is 6. The molecule has 0 amide bonds. The number of aryl methyl sites for hydroxylation is 1. The van der Waals surface area contributed by atoms with Gasteiger partial charge in [0.25, 0.3) is 0 Å². The summed E-state index contributed by atoms with van der Waals surface area (Å²) < 4.78 is 0. The zero-order valence-electron chi connectivity index (χ0n) is 12.0. The lowest BCUT2D eigenvalue weighted by molar-refractivity contribution is 0.252. The molecule has 0 radical (unpaired) electrons. The zero-order valence-corrected chi connectivity index (χ0v) is 13.6. The fourth-order valence-electron chi connectivity index (χ4n) is 2.08. The van der Waals surface area contributed by atoms with E-state index in [9.17, 15) is 5.11 Å². The second-order valence-corrected chi connectivity index (χ2v) is 6.59. The predicted octanol–water partition coefficient (Wildman–Crippen LogP) is 3.87. The number of nitrogens with zero attached hydrogens (tertiary/aromatic N) is 2. The van der Waals surface area contributed by atoms with Crippen molar-refractivity contribution in [2.75, 3.05) is 11.9 Å². The number of fused-ring (bicyclic) bond motifs is 1. The van der Waals surface area contributed by atoms with Gasteiger partial charge in [0.15, 0.2) is 0 Å². The monoisotopic (exact) mass is 313 g/mol. The molecule has 0 aromatic carbocycles. The molecule has 0 aliphatic carbocycles. The maximum atomic E-state index is 9.22. The van der Waals surface area contributed by atoms with Crippen LogP contribution in [0, 0.1) is 0 Å². The quantitative estimate of drug-likeness (QED) is 0.795. The molecule has 2 rings (SSSR count). The third kappa shape index (κ3) is 3.22. The lowest BCUT2D eigenvalue weighted by Crippen LogP contribution is -2.35. The van der Waals surface area contributed by atoms with Gasteiger partial charge in [0.05, 0.1) is 5.39 Å². The minimum Gasteiger partial charge on any atom is -0.396 e. The number of aromatic nitrogens is 2. The molecule has 0 spiro atoms. The normalized spacial score (nSPS) is 14.4. The molecule has 6 heteroatoms. The molecule has 20 heavy (non-hydrogen) atoms. The van der Waals surface area contributed by atoms with Crippen LogP contribution in [-0.4, -0.2) is 27.2 Å². The Bertz CT molecular complexity index is 601. The maximum Gasteiger partial charge on any atom is 0.225 e. The van der Waals surface area contributed by atoms with E-state index in [1.807, 2.05) is 0 Å². The van der Waals surface area contributed by atoms with Crippen LogP contribution in [0.1, 0.15) is 38.5 Å². The van der Waals surface area contributed by atoms with Crippen LogP contribution in [0.2, 0.25) is 5.28 Å². The van der Waals surface area contributed by atoms with Crippen LogP contribution in [0.25, 0.3) is 10.2 Å². The van der Waals surface area contributed by atoms with Gasteiger partial charge in [-0.25, -0.2) is 9.97 Å². The predicted molar refractivity (Wildman–Crippen MR) is 85.8 cm³/mol. The standard InChI is InChI=1S/C14H20ClN3OS/c1-4-9-8-10-11(16-13(15)17-12(10)20-9)18-14(3,5-2)6-7-19/h8,19H,4-7H2,1-3H3,(H,16,17,18). The molecule has 0 saturated heterocycles. The number of anilines is 1. The van der Waals surface area contributed by atoms with Gasteiger partial charge in [-0.05, 0) is 43.9 Å². The molecule has 0 bridgehead atoms. The Labute approximate surface area is 128 Å². The molecular weight excluding hydrogens is 294 g/mol. The third-order valence-corrected chi connectivity index (χ3v) is 4.97. The summed E-state index contributed by atoms with van der Waals surface area (Å²) in [5.74, 6) is 0.758. The molecule has 0 fully saturated rings. The van der Waals surface area contributed by atoms with Gasteiger partial charge in [-0.1, -0.05) is 13.8 Å². The van der Waals surface area contributed by atoms with Crippen molar-refractivity contribution in [1.29, 1.82) is 0 Å². The average Bonchev–Trinajstić information content (AvgIpc) is 2.82. The number of halogens is 1. The van der Waals surface area contributed by atoms with Crippen LogP contribution in [0.4, 0.5) is 5.82 Å². The van der Waals surface area contributed by atoms with Crippen molar-refractivity contribution in [3.63, 3.8) is 0 Å². The van der Waals surface area contributed by atoms with Gasteiger partial charge in [0.2, 0.25) is 5.28 Å². The van der Waals surface area contributed by atoms with E-state index in [1.54, 1.807) is 11.3 Å². The third-order valence-electron chi connectivity index (χ3n) is 3.63. The summed E-state index contributed by atoms with van der Waals surface area (Å²) in [4.78, 5) is 10.8. The van der Waals surface area contributed by atoms with Crippen molar-refractivity contribution in [3.8, 4) is 0 Å². The molecule has 4 nitrogen and oxygen atoms in total. The van der Waals surface area contributed by atoms with E-state index >= 15 is 0 Å². The molecule has 0 aliphatic rings. The first-order valence-corrected chi connectivity index (χ1v) is 8.05. The van der Waals surface area contributed by atoms with Crippen LogP contribution in [-0.2, 0) is 6.42 Å². The fourth-order valence-corrected chi connectivity index (χ4v) is 3.26. The van der Waals surface area contributed by atoms with Gasteiger partial charge in [0, 0.05) is 17.0 Å². The Morgan fingerprint density at radius 2 is 2.15 bits per heavy atom. The minimum absolute atomic E-state index is 0.142. The first-order valence-electron chi connectivity index (χ1n) is 6.86. The minimum atomic E-state index is -0.201. The van der Waals surface area contributed by atoms with Crippen LogP contribution in [0.5, 0.6) is 0 Å². The van der Waals surface area contributed by atoms with Gasteiger partial charge < -0.3 is 10.4 Å². The highest BCUT2D eigenvalue weighted by Gasteiger charge is 2.23. The van der Waals surface area contributed by atoms with E-state index in [4.69, 9.17) is 11.6 Å². The van der Waals surface area contributed by atoms with E-state index < -0.39 is 0 Å².